The summed E-state index contributed by atoms with van der Waals surface area (Å²) in [6.45, 7) is 9.10. The summed E-state index contributed by atoms with van der Waals surface area (Å²) in [6.07, 6.45) is 5.43. The van der Waals surface area contributed by atoms with Gasteiger partial charge in [-0.05, 0) is 28.8 Å². The summed E-state index contributed by atoms with van der Waals surface area (Å²) >= 11 is 0. The van der Waals surface area contributed by atoms with Gasteiger partial charge in [-0.1, -0.05) is 81.4 Å². The zero-order chi connectivity index (χ0) is 19.2. The van der Waals surface area contributed by atoms with Gasteiger partial charge in [-0.15, -0.1) is 12.3 Å². The predicted octanol–water partition coefficient (Wildman–Crippen LogP) is 3.58. The molecule has 2 rings (SSSR count). The van der Waals surface area contributed by atoms with Crippen molar-refractivity contribution in [3.8, 4) is 12.3 Å². The summed E-state index contributed by atoms with van der Waals surface area (Å²) in [7, 11) is -2.52. The van der Waals surface area contributed by atoms with Gasteiger partial charge >= 0.3 is 0 Å². The van der Waals surface area contributed by atoms with Crippen LogP contribution in [0, 0.1) is 18.3 Å². The molecule has 0 radical (unpaired) electrons. The monoisotopic (exact) mass is 366 g/mol. The molecule has 26 heavy (non-hydrogen) atoms. The molecule has 0 bridgehead atoms. The second-order valence-corrected chi connectivity index (χ2v) is 12.1. The van der Waals surface area contributed by atoms with Gasteiger partial charge in [-0.25, -0.2) is 0 Å². The Morgan fingerprint density at radius 2 is 1.46 bits per heavy atom. The molecule has 0 aliphatic carbocycles. The summed E-state index contributed by atoms with van der Waals surface area (Å²) in [6, 6.07) is 21.1. The van der Waals surface area contributed by atoms with E-state index < -0.39 is 14.4 Å². The molecule has 1 N–H and O–H groups in total. The highest BCUT2D eigenvalue weighted by Gasteiger charge is 2.50. The average Bonchev–Trinajstić information content (AvgIpc) is 2.64. The summed E-state index contributed by atoms with van der Waals surface area (Å²) < 4.78 is 6.74. The van der Waals surface area contributed by atoms with Crippen molar-refractivity contribution in [2.24, 2.45) is 5.92 Å². The number of hydrogen-bond donors (Lipinski definition) is 1. The zero-order valence-electron chi connectivity index (χ0n) is 16.3. The van der Waals surface area contributed by atoms with Crippen LogP contribution in [0.25, 0.3) is 0 Å². The number of rotatable bonds is 7. The number of hydrogen-bond acceptors (Lipinski definition) is 2. The predicted molar refractivity (Wildman–Crippen MR) is 112 cm³/mol. The first-order chi connectivity index (χ1) is 12.3. The van der Waals surface area contributed by atoms with E-state index >= 15 is 0 Å². The van der Waals surface area contributed by atoms with Crippen molar-refractivity contribution in [3.63, 3.8) is 0 Å². The van der Waals surface area contributed by atoms with Crippen molar-refractivity contribution >= 4 is 18.7 Å². The minimum absolute atomic E-state index is 0.0572. The summed E-state index contributed by atoms with van der Waals surface area (Å²) in [5.41, 5.74) is 0. The lowest BCUT2D eigenvalue weighted by molar-refractivity contribution is 0.109. The maximum Gasteiger partial charge on any atom is 0.261 e. The van der Waals surface area contributed by atoms with Gasteiger partial charge in [0.05, 0.1) is 6.10 Å². The van der Waals surface area contributed by atoms with Gasteiger partial charge < -0.3 is 9.53 Å². The van der Waals surface area contributed by atoms with Crippen LogP contribution < -0.4 is 10.4 Å². The number of terminal acetylenes is 1. The number of benzene rings is 2. The van der Waals surface area contributed by atoms with Gasteiger partial charge in [0.1, 0.15) is 0 Å². The van der Waals surface area contributed by atoms with Crippen LogP contribution in [-0.2, 0) is 4.43 Å². The number of aliphatic hydroxyl groups excluding tert-OH is 1. The van der Waals surface area contributed by atoms with E-state index in [9.17, 15) is 5.11 Å². The lowest BCUT2D eigenvalue weighted by Crippen LogP contribution is -2.66. The Labute approximate surface area is 159 Å². The van der Waals surface area contributed by atoms with E-state index in [1.807, 2.05) is 19.1 Å². The summed E-state index contributed by atoms with van der Waals surface area (Å²) in [4.78, 5) is 0. The maximum absolute atomic E-state index is 10.3. The van der Waals surface area contributed by atoms with Crippen LogP contribution in [0.15, 0.2) is 60.7 Å². The third-order valence-electron chi connectivity index (χ3n) is 4.99. The molecule has 2 nitrogen and oxygen atoms in total. The Kier molecular flexibility index (Phi) is 6.83. The molecule has 138 valence electrons. The largest absolute Gasteiger partial charge is 0.407 e. The van der Waals surface area contributed by atoms with Crippen LogP contribution in [-0.4, -0.2) is 26.1 Å². The third-order valence-corrected chi connectivity index (χ3v) is 10.0. The minimum atomic E-state index is -2.52. The molecule has 0 unspecified atom stereocenters. The first-order valence-corrected chi connectivity index (χ1v) is 11.1. The van der Waals surface area contributed by atoms with Gasteiger partial charge in [-0.3, -0.25) is 0 Å². The van der Waals surface area contributed by atoms with Crippen molar-refractivity contribution in [1.82, 2.24) is 0 Å². The van der Waals surface area contributed by atoms with Crippen molar-refractivity contribution in [2.75, 3.05) is 6.61 Å². The molecule has 0 heterocycles. The Bertz CT molecular complexity index is 674. The van der Waals surface area contributed by atoms with Crippen LogP contribution in [0.1, 0.15) is 34.1 Å². The number of aliphatic hydroxyl groups is 1. The highest BCUT2D eigenvalue weighted by atomic mass is 28.4. The second kappa shape index (κ2) is 8.68. The van der Waals surface area contributed by atoms with Gasteiger partial charge in [0.15, 0.2) is 0 Å². The van der Waals surface area contributed by atoms with E-state index in [0.29, 0.717) is 13.0 Å². The molecular formula is C23H30O2Si. The molecule has 0 saturated carbocycles. The summed E-state index contributed by atoms with van der Waals surface area (Å²) in [5.74, 6) is 2.44. The molecule has 0 spiro atoms. The molecule has 0 amide bonds. The quantitative estimate of drug-likeness (QED) is 0.599. The fraction of sp³-hybridized carbons (Fsp3) is 0.391. The molecule has 0 fully saturated rings. The third kappa shape index (κ3) is 4.27. The van der Waals surface area contributed by atoms with E-state index in [2.05, 4.69) is 75.2 Å². The first kappa shape index (κ1) is 20.4. The fourth-order valence-electron chi connectivity index (χ4n) is 3.46. The maximum atomic E-state index is 10.3. The first-order valence-electron chi connectivity index (χ1n) is 9.22. The van der Waals surface area contributed by atoms with E-state index in [1.54, 1.807) is 0 Å². The Balaban J connectivity index is 2.43. The minimum Gasteiger partial charge on any atom is -0.407 e. The fourth-order valence-corrected chi connectivity index (χ4v) is 8.03. The van der Waals surface area contributed by atoms with E-state index in [0.717, 1.165) is 0 Å². The van der Waals surface area contributed by atoms with Crippen LogP contribution in [0.3, 0.4) is 0 Å². The average molecular weight is 367 g/mol. The molecule has 3 heteroatoms. The van der Waals surface area contributed by atoms with E-state index in [4.69, 9.17) is 10.8 Å². The van der Waals surface area contributed by atoms with Crippen molar-refractivity contribution in [1.29, 1.82) is 0 Å². The lowest BCUT2D eigenvalue weighted by atomic mass is 10.0. The summed E-state index contributed by atoms with van der Waals surface area (Å²) in [5, 5.41) is 12.7. The van der Waals surface area contributed by atoms with E-state index in [1.165, 1.54) is 10.4 Å². The smallest absolute Gasteiger partial charge is 0.261 e. The SMILES string of the molecule is C#C[C@H](C)[C@H](O)CCO[Si](c1ccccc1)(c1ccccc1)C(C)(C)C. The molecular weight excluding hydrogens is 336 g/mol. The van der Waals surface area contributed by atoms with E-state index in [-0.39, 0.29) is 11.0 Å². The highest BCUT2D eigenvalue weighted by Crippen LogP contribution is 2.36. The van der Waals surface area contributed by atoms with Crippen LogP contribution in [0.5, 0.6) is 0 Å². The van der Waals surface area contributed by atoms with Gasteiger partial charge in [0.25, 0.3) is 8.32 Å². The standard InChI is InChI=1S/C23H30O2Si/c1-6-19(2)22(24)17-18-25-26(23(3,4)5,20-13-9-7-10-14-20)21-15-11-8-12-16-21/h1,7-16,19,22,24H,17-18H2,2-5H3/t19-,22+/m0/s1. The van der Waals surface area contributed by atoms with Gasteiger partial charge in [0, 0.05) is 12.5 Å². The Morgan fingerprint density at radius 1 is 1.00 bits per heavy atom. The molecule has 2 atom stereocenters. The van der Waals surface area contributed by atoms with Gasteiger partial charge in [0.2, 0.25) is 0 Å². The lowest BCUT2D eigenvalue weighted by Gasteiger charge is -2.43. The van der Waals surface area contributed by atoms with Crippen LogP contribution >= 0.6 is 0 Å². The molecule has 0 saturated heterocycles. The Hall–Kier alpha value is -1.86. The van der Waals surface area contributed by atoms with Crippen LogP contribution in [0.4, 0.5) is 0 Å². The molecule has 0 aliphatic heterocycles. The molecule has 2 aromatic rings. The van der Waals surface area contributed by atoms with Crippen molar-refractivity contribution < 1.29 is 9.53 Å². The zero-order valence-corrected chi connectivity index (χ0v) is 17.3. The van der Waals surface area contributed by atoms with Gasteiger partial charge in [-0.2, -0.15) is 0 Å². The highest BCUT2D eigenvalue weighted by molar-refractivity contribution is 6.99. The van der Waals surface area contributed by atoms with Crippen molar-refractivity contribution in [2.45, 2.75) is 45.3 Å². The second-order valence-electron chi connectivity index (χ2n) is 7.82. The van der Waals surface area contributed by atoms with Crippen LogP contribution in [0.2, 0.25) is 5.04 Å². The molecule has 2 aromatic carbocycles. The normalized spacial score (nSPS) is 14.5. The topological polar surface area (TPSA) is 29.5 Å². The molecule has 0 aromatic heterocycles. The Morgan fingerprint density at radius 3 is 1.85 bits per heavy atom. The van der Waals surface area contributed by atoms with Crippen molar-refractivity contribution in [3.05, 3.63) is 60.7 Å². The molecule has 0 aliphatic rings.